The third kappa shape index (κ3) is 7.14. The number of likely N-dealkylation sites (N-methyl/N-ethyl adjacent to an activating group) is 1. The number of nitrogens with zero attached hydrogens (tertiary/aromatic N) is 1. The van der Waals surface area contributed by atoms with Crippen LogP contribution in [0.1, 0.15) is 13.8 Å². The summed E-state index contributed by atoms with van der Waals surface area (Å²) in [6.45, 7) is 6.49. The molecule has 0 atom stereocenters. The average Bonchev–Trinajstić information content (AvgIpc) is 2.39. The lowest BCUT2D eigenvalue weighted by Crippen LogP contribution is -2.32. The van der Waals surface area contributed by atoms with E-state index in [0.717, 1.165) is 6.61 Å². The van der Waals surface area contributed by atoms with Crippen LogP contribution in [0.25, 0.3) is 0 Å². The molecule has 6 heteroatoms. The molecule has 0 fully saturated rings. The summed E-state index contributed by atoms with van der Waals surface area (Å²) in [7, 11) is 1.87. The lowest BCUT2D eigenvalue weighted by Gasteiger charge is -2.17. The third-order valence-corrected chi connectivity index (χ3v) is 3.34. The Morgan fingerprint density at radius 1 is 1.33 bits per heavy atom. The first-order valence-electron chi connectivity index (χ1n) is 6.90. The van der Waals surface area contributed by atoms with Crippen LogP contribution in [0, 0.1) is 5.92 Å². The molecule has 4 nitrogen and oxygen atoms in total. The second-order valence-corrected chi connectivity index (χ2v) is 6.17. The first kappa shape index (κ1) is 18.2. The van der Waals surface area contributed by atoms with E-state index in [4.69, 9.17) is 27.9 Å². The monoisotopic (exact) mass is 332 g/mol. The maximum atomic E-state index is 12.0. The van der Waals surface area contributed by atoms with E-state index >= 15 is 0 Å². The van der Waals surface area contributed by atoms with Crippen molar-refractivity contribution in [2.75, 3.05) is 38.7 Å². The molecular weight excluding hydrogens is 311 g/mol. The van der Waals surface area contributed by atoms with Crippen molar-refractivity contribution in [2.24, 2.45) is 5.92 Å². The van der Waals surface area contributed by atoms with Crippen LogP contribution in [-0.4, -0.2) is 44.2 Å². The molecule has 1 aromatic rings. The van der Waals surface area contributed by atoms with Crippen molar-refractivity contribution >= 4 is 34.8 Å². The molecule has 0 aliphatic heterocycles. The SMILES string of the molecule is CC(C)COCCN(C)CC(=O)Nc1c(Cl)cccc1Cl. The number of carbonyl (C=O) groups excluding carboxylic acids is 1. The fourth-order valence-corrected chi connectivity index (χ4v) is 2.15. The van der Waals surface area contributed by atoms with E-state index in [9.17, 15) is 4.79 Å². The van der Waals surface area contributed by atoms with Gasteiger partial charge in [-0.25, -0.2) is 0 Å². The topological polar surface area (TPSA) is 41.6 Å². The molecule has 1 amide bonds. The summed E-state index contributed by atoms with van der Waals surface area (Å²) in [6, 6.07) is 5.11. The van der Waals surface area contributed by atoms with Crippen molar-refractivity contribution in [1.29, 1.82) is 0 Å². The van der Waals surface area contributed by atoms with E-state index in [1.165, 1.54) is 0 Å². The molecule has 1 N–H and O–H groups in total. The van der Waals surface area contributed by atoms with Gasteiger partial charge < -0.3 is 10.1 Å². The fourth-order valence-electron chi connectivity index (χ4n) is 1.66. The predicted octanol–water partition coefficient (Wildman–Crippen LogP) is 3.54. The molecule has 0 heterocycles. The normalized spacial score (nSPS) is 11.2. The van der Waals surface area contributed by atoms with Crippen LogP contribution in [0.3, 0.4) is 0 Å². The maximum Gasteiger partial charge on any atom is 0.238 e. The number of para-hydroxylation sites is 1. The number of nitrogens with one attached hydrogen (secondary N) is 1. The molecule has 0 spiro atoms. The predicted molar refractivity (Wildman–Crippen MR) is 88.2 cm³/mol. The smallest absolute Gasteiger partial charge is 0.238 e. The van der Waals surface area contributed by atoms with Crippen molar-refractivity contribution in [3.8, 4) is 0 Å². The van der Waals surface area contributed by atoms with E-state index in [0.29, 0.717) is 34.8 Å². The van der Waals surface area contributed by atoms with E-state index in [1.807, 2.05) is 11.9 Å². The largest absolute Gasteiger partial charge is 0.380 e. The summed E-state index contributed by atoms with van der Waals surface area (Å²) in [5, 5.41) is 3.59. The highest BCUT2D eigenvalue weighted by Crippen LogP contribution is 2.29. The Morgan fingerprint density at radius 3 is 2.52 bits per heavy atom. The van der Waals surface area contributed by atoms with Crippen LogP contribution >= 0.6 is 23.2 Å². The molecule has 0 aromatic heterocycles. The number of carbonyl (C=O) groups is 1. The highest BCUT2D eigenvalue weighted by molar-refractivity contribution is 6.39. The van der Waals surface area contributed by atoms with E-state index in [1.54, 1.807) is 18.2 Å². The van der Waals surface area contributed by atoms with Gasteiger partial charge in [0.1, 0.15) is 0 Å². The van der Waals surface area contributed by atoms with Crippen molar-refractivity contribution in [3.05, 3.63) is 28.2 Å². The summed E-state index contributed by atoms with van der Waals surface area (Å²) in [4.78, 5) is 13.8. The zero-order valence-electron chi connectivity index (χ0n) is 12.7. The quantitative estimate of drug-likeness (QED) is 0.740. The zero-order chi connectivity index (χ0) is 15.8. The molecule has 0 radical (unpaired) electrons. The van der Waals surface area contributed by atoms with Gasteiger partial charge in [-0.2, -0.15) is 0 Å². The molecule has 118 valence electrons. The average molecular weight is 333 g/mol. The number of ether oxygens (including phenoxy) is 1. The third-order valence-electron chi connectivity index (χ3n) is 2.71. The number of benzene rings is 1. The highest BCUT2D eigenvalue weighted by Gasteiger charge is 2.11. The molecule has 0 saturated heterocycles. The van der Waals surface area contributed by atoms with Crippen molar-refractivity contribution in [1.82, 2.24) is 4.90 Å². The van der Waals surface area contributed by atoms with E-state index in [2.05, 4.69) is 19.2 Å². The summed E-state index contributed by atoms with van der Waals surface area (Å²) in [5.74, 6) is 0.359. The van der Waals surface area contributed by atoms with Gasteiger partial charge >= 0.3 is 0 Å². The first-order valence-corrected chi connectivity index (χ1v) is 7.66. The van der Waals surface area contributed by atoms with Gasteiger partial charge in [-0.1, -0.05) is 43.1 Å². The fraction of sp³-hybridized carbons (Fsp3) is 0.533. The van der Waals surface area contributed by atoms with Crippen molar-refractivity contribution in [2.45, 2.75) is 13.8 Å². The van der Waals surface area contributed by atoms with Gasteiger partial charge in [-0.15, -0.1) is 0 Å². The van der Waals surface area contributed by atoms with Crippen LogP contribution in [0.2, 0.25) is 10.0 Å². The van der Waals surface area contributed by atoms with E-state index in [-0.39, 0.29) is 12.5 Å². The standard InChI is InChI=1S/C15H22Cl2N2O2/c1-11(2)10-21-8-7-19(3)9-14(20)18-15-12(16)5-4-6-13(15)17/h4-6,11H,7-10H2,1-3H3,(H,18,20). The van der Waals surface area contributed by atoms with E-state index < -0.39 is 0 Å². The molecule has 0 bridgehead atoms. The van der Waals surface area contributed by atoms with Gasteiger partial charge in [0.25, 0.3) is 0 Å². The molecule has 0 aliphatic rings. The first-order chi connectivity index (χ1) is 9.90. The second-order valence-electron chi connectivity index (χ2n) is 5.35. The van der Waals surface area contributed by atoms with Gasteiger partial charge in [0.15, 0.2) is 0 Å². The zero-order valence-corrected chi connectivity index (χ0v) is 14.2. The summed E-state index contributed by atoms with van der Waals surface area (Å²) in [5.41, 5.74) is 0.454. The van der Waals surface area contributed by atoms with Crippen LogP contribution in [0.15, 0.2) is 18.2 Å². The Hall–Kier alpha value is -0.810. The lowest BCUT2D eigenvalue weighted by atomic mass is 10.2. The molecule has 0 unspecified atom stereocenters. The number of hydrogen-bond acceptors (Lipinski definition) is 3. The lowest BCUT2D eigenvalue weighted by molar-refractivity contribution is -0.117. The molecule has 1 rings (SSSR count). The Balaban J connectivity index is 2.36. The van der Waals surface area contributed by atoms with Gasteiger partial charge in [0.2, 0.25) is 5.91 Å². The summed E-state index contributed by atoms with van der Waals surface area (Å²) in [6.07, 6.45) is 0. The number of amides is 1. The minimum atomic E-state index is -0.156. The molecule has 1 aromatic carbocycles. The van der Waals surface area contributed by atoms with Crippen LogP contribution in [0.5, 0.6) is 0 Å². The van der Waals surface area contributed by atoms with Gasteiger partial charge in [0, 0.05) is 13.2 Å². The van der Waals surface area contributed by atoms with Crippen LogP contribution in [0.4, 0.5) is 5.69 Å². The number of anilines is 1. The van der Waals surface area contributed by atoms with Crippen LogP contribution in [-0.2, 0) is 9.53 Å². The molecule has 0 saturated carbocycles. The number of hydrogen-bond donors (Lipinski definition) is 1. The van der Waals surface area contributed by atoms with Gasteiger partial charge in [0.05, 0.1) is 28.9 Å². The van der Waals surface area contributed by atoms with Crippen molar-refractivity contribution < 1.29 is 9.53 Å². The Morgan fingerprint density at radius 2 is 1.95 bits per heavy atom. The Bertz CT molecular complexity index is 447. The molecule has 0 aliphatic carbocycles. The van der Waals surface area contributed by atoms with Crippen LogP contribution < -0.4 is 5.32 Å². The Kier molecular flexibility index (Phi) is 8.04. The highest BCUT2D eigenvalue weighted by atomic mass is 35.5. The van der Waals surface area contributed by atoms with Gasteiger partial charge in [-0.3, -0.25) is 9.69 Å². The number of rotatable bonds is 8. The summed E-state index contributed by atoms with van der Waals surface area (Å²) < 4.78 is 5.49. The summed E-state index contributed by atoms with van der Waals surface area (Å²) >= 11 is 12.0. The second kappa shape index (κ2) is 9.26. The minimum absolute atomic E-state index is 0.156. The number of halogens is 2. The van der Waals surface area contributed by atoms with Gasteiger partial charge in [-0.05, 0) is 25.1 Å². The Labute approximate surface area is 136 Å². The van der Waals surface area contributed by atoms with Crippen molar-refractivity contribution in [3.63, 3.8) is 0 Å². The minimum Gasteiger partial charge on any atom is -0.380 e. The maximum absolute atomic E-state index is 12.0. The molecular formula is C15H22Cl2N2O2. The molecule has 21 heavy (non-hydrogen) atoms.